The fourth-order valence-electron chi connectivity index (χ4n) is 4.71. The maximum absolute atomic E-state index is 9.39. The minimum Gasteiger partial charge on any atom is -0.459 e. The molecule has 0 spiro atoms. The van der Waals surface area contributed by atoms with Crippen molar-refractivity contribution in [2.75, 3.05) is 13.2 Å². The van der Waals surface area contributed by atoms with Crippen molar-refractivity contribution in [1.29, 1.82) is 0 Å². The quantitative estimate of drug-likeness (QED) is 0.296. The Hall–Kier alpha value is -3.79. The van der Waals surface area contributed by atoms with E-state index in [1.54, 1.807) is 6.92 Å². The first-order valence-electron chi connectivity index (χ1n) is 12.4. The van der Waals surface area contributed by atoms with Gasteiger partial charge in [0.15, 0.2) is 5.65 Å². The lowest BCUT2D eigenvalue weighted by Gasteiger charge is -2.32. The molecule has 4 heterocycles. The first-order chi connectivity index (χ1) is 18.5. The van der Waals surface area contributed by atoms with E-state index in [4.69, 9.17) is 30.6 Å². The van der Waals surface area contributed by atoms with Gasteiger partial charge >= 0.3 is 0 Å². The number of nitrogens with zero attached hydrogens (tertiary/aromatic N) is 4. The summed E-state index contributed by atoms with van der Waals surface area (Å²) < 4.78 is 16.8. The lowest BCUT2D eigenvalue weighted by molar-refractivity contribution is -0.0958. The number of halogens is 1. The first kappa shape index (κ1) is 24.5. The fourth-order valence-corrected chi connectivity index (χ4v) is 4.97. The lowest BCUT2D eigenvalue weighted by atomic mass is 9.95. The number of rotatable bonds is 6. The van der Waals surface area contributed by atoms with E-state index in [0.29, 0.717) is 46.2 Å². The van der Waals surface area contributed by atoms with Gasteiger partial charge in [0, 0.05) is 18.1 Å². The van der Waals surface area contributed by atoms with Gasteiger partial charge < -0.3 is 24.1 Å². The maximum atomic E-state index is 9.39. The molecule has 0 unspecified atom stereocenters. The second-order valence-electron chi connectivity index (χ2n) is 9.53. The summed E-state index contributed by atoms with van der Waals surface area (Å²) in [5, 5.41) is 13.9. The highest BCUT2D eigenvalue weighted by Crippen LogP contribution is 2.32. The number of imidazole rings is 1. The molecule has 38 heavy (non-hydrogen) atoms. The highest BCUT2D eigenvalue weighted by Gasteiger charge is 2.29. The van der Waals surface area contributed by atoms with E-state index in [1.165, 1.54) is 0 Å². The number of aliphatic hydroxyl groups excluding tert-OH is 1. The van der Waals surface area contributed by atoms with Gasteiger partial charge in [0.1, 0.15) is 6.10 Å². The van der Waals surface area contributed by atoms with Gasteiger partial charge in [-0.15, -0.1) is 0 Å². The summed E-state index contributed by atoms with van der Waals surface area (Å²) in [4.78, 5) is 16.7. The summed E-state index contributed by atoms with van der Waals surface area (Å²) in [5.41, 5.74) is 5.77. The maximum Gasteiger partial charge on any atom is 0.296 e. The lowest BCUT2D eigenvalue weighted by Crippen LogP contribution is -2.40. The third-order valence-electron chi connectivity index (χ3n) is 6.79. The number of aromatic amines is 1. The second-order valence-corrected chi connectivity index (χ2v) is 9.94. The van der Waals surface area contributed by atoms with Gasteiger partial charge in [0.05, 0.1) is 35.6 Å². The van der Waals surface area contributed by atoms with Crippen LogP contribution in [0.3, 0.4) is 0 Å². The van der Waals surface area contributed by atoms with Crippen molar-refractivity contribution in [3.63, 3.8) is 0 Å². The molecule has 1 aliphatic heterocycles. The largest absolute Gasteiger partial charge is 0.459 e. The molecule has 0 amide bonds. The van der Waals surface area contributed by atoms with Gasteiger partial charge in [-0.3, -0.25) is 0 Å². The summed E-state index contributed by atoms with van der Waals surface area (Å²) in [7, 11) is 0. The van der Waals surface area contributed by atoms with Gasteiger partial charge in [-0.1, -0.05) is 72.2 Å². The normalized spacial score (nSPS) is 19.6. The number of aliphatic hydroxyl groups is 1. The zero-order valence-corrected chi connectivity index (χ0v) is 21.6. The van der Waals surface area contributed by atoms with E-state index < -0.39 is 0 Å². The topological polar surface area (TPSA) is 119 Å². The van der Waals surface area contributed by atoms with Gasteiger partial charge in [0.2, 0.25) is 11.7 Å². The molecule has 3 aromatic heterocycles. The summed E-state index contributed by atoms with van der Waals surface area (Å²) in [6.45, 7) is 4.22. The van der Waals surface area contributed by atoms with Crippen LogP contribution in [0.25, 0.3) is 44.9 Å². The van der Waals surface area contributed by atoms with Crippen molar-refractivity contribution in [3.8, 4) is 39.8 Å². The van der Waals surface area contributed by atoms with E-state index in [2.05, 4.69) is 20.1 Å². The summed E-state index contributed by atoms with van der Waals surface area (Å²) in [6.07, 6.45) is 0.467. The molecule has 2 N–H and O–H groups in total. The van der Waals surface area contributed by atoms with Crippen LogP contribution in [0.4, 0.5) is 0 Å². The number of ether oxygens (including phenoxy) is 2. The smallest absolute Gasteiger partial charge is 0.296 e. The second kappa shape index (κ2) is 10.2. The number of hydrogen-bond acceptors (Lipinski definition) is 8. The third-order valence-corrected chi connectivity index (χ3v) is 7.08. The number of hydrogen-bond donors (Lipinski definition) is 2. The van der Waals surface area contributed by atoms with Crippen LogP contribution < -0.4 is 4.74 Å². The molecule has 1 saturated heterocycles. The van der Waals surface area contributed by atoms with Crippen molar-refractivity contribution in [3.05, 3.63) is 65.5 Å². The molecule has 10 heteroatoms. The Morgan fingerprint density at radius 3 is 2.32 bits per heavy atom. The molecule has 0 aliphatic carbocycles. The van der Waals surface area contributed by atoms with Crippen LogP contribution >= 0.6 is 11.6 Å². The molecular weight excluding hydrogens is 506 g/mol. The van der Waals surface area contributed by atoms with Crippen LogP contribution in [0.15, 0.2) is 59.1 Å². The molecule has 0 saturated carbocycles. The van der Waals surface area contributed by atoms with Crippen LogP contribution in [-0.4, -0.2) is 55.6 Å². The molecule has 1 fully saturated rings. The molecule has 3 atom stereocenters. The van der Waals surface area contributed by atoms with Gasteiger partial charge in [0.25, 0.3) is 6.01 Å². The number of aromatic nitrogens is 5. The Morgan fingerprint density at radius 2 is 1.68 bits per heavy atom. The highest BCUT2D eigenvalue weighted by molar-refractivity contribution is 6.33. The van der Waals surface area contributed by atoms with Gasteiger partial charge in [-0.25, -0.2) is 4.98 Å². The Balaban J connectivity index is 1.19. The molecule has 5 aromatic rings. The monoisotopic (exact) mass is 531 g/mol. The SMILES string of the molecule is Cc1nc(-c2ccc(-c3ccc(-c4nc5nc(O[C@H]6CO[C@H](CO)[C@@H](C)C6)[nH]c5cc4Cl)cc3)cc2)no1. The van der Waals surface area contributed by atoms with Crippen LogP contribution in [0, 0.1) is 12.8 Å². The Bertz CT molecular complexity index is 1560. The van der Waals surface area contributed by atoms with Crippen molar-refractivity contribution in [2.45, 2.75) is 32.5 Å². The molecule has 194 valence electrons. The van der Waals surface area contributed by atoms with Crippen LogP contribution in [0.5, 0.6) is 6.01 Å². The Morgan fingerprint density at radius 1 is 1.00 bits per heavy atom. The molecular formula is C28H26ClN5O4. The van der Waals surface area contributed by atoms with E-state index in [1.807, 2.05) is 61.5 Å². The number of pyridine rings is 1. The van der Waals surface area contributed by atoms with Gasteiger partial charge in [-0.05, 0) is 29.5 Å². The van der Waals surface area contributed by atoms with Crippen LogP contribution in [-0.2, 0) is 4.74 Å². The summed E-state index contributed by atoms with van der Waals surface area (Å²) >= 11 is 6.61. The predicted molar refractivity (Wildman–Crippen MR) is 143 cm³/mol. The zero-order chi connectivity index (χ0) is 26.2. The van der Waals surface area contributed by atoms with Crippen LogP contribution in [0.1, 0.15) is 19.2 Å². The van der Waals surface area contributed by atoms with Crippen LogP contribution in [0.2, 0.25) is 5.02 Å². The van der Waals surface area contributed by atoms with Gasteiger partial charge in [-0.2, -0.15) is 9.97 Å². The Kier molecular flexibility index (Phi) is 6.57. The number of benzene rings is 2. The average molecular weight is 532 g/mol. The minimum atomic E-state index is -0.152. The van der Waals surface area contributed by atoms with Crippen molar-refractivity contribution >= 4 is 22.8 Å². The fraction of sp³-hybridized carbons (Fsp3) is 0.286. The number of fused-ring (bicyclic) bond motifs is 1. The first-order valence-corrected chi connectivity index (χ1v) is 12.8. The van der Waals surface area contributed by atoms with E-state index in [9.17, 15) is 5.11 Å². The number of aryl methyl sites for hydroxylation is 1. The molecule has 0 bridgehead atoms. The molecule has 2 aromatic carbocycles. The average Bonchev–Trinajstić information content (AvgIpc) is 3.53. The summed E-state index contributed by atoms with van der Waals surface area (Å²) in [6, 6.07) is 18.3. The third kappa shape index (κ3) is 4.88. The molecule has 1 aliphatic rings. The number of nitrogens with one attached hydrogen (secondary N) is 1. The van der Waals surface area contributed by atoms with Crippen molar-refractivity contribution in [1.82, 2.24) is 25.1 Å². The standard InChI is InChI=1S/C28H26ClN5O4/c1-15-11-21(14-36-24(15)13-35)37-28-31-23-12-22(29)25(32-27(23)33-28)19-7-3-17(4-8-19)18-5-9-20(10-6-18)26-30-16(2)38-34-26/h3-10,12,15,21,24,35H,11,13-14H2,1-2H3,(H,31,32,33)/t15-,21+,24+/m0/s1. The van der Waals surface area contributed by atoms with Crippen molar-refractivity contribution < 1.29 is 19.1 Å². The van der Waals surface area contributed by atoms with Crippen molar-refractivity contribution in [2.24, 2.45) is 5.92 Å². The summed E-state index contributed by atoms with van der Waals surface area (Å²) in [5.74, 6) is 1.30. The Labute approximate surface area is 223 Å². The molecule has 0 radical (unpaired) electrons. The zero-order valence-electron chi connectivity index (χ0n) is 20.9. The minimum absolute atomic E-state index is 0.0121. The predicted octanol–water partition coefficient (Wildman–Crippen LogP) is 5.47. The van der Waals surface area contributed by atoms with E-state index in [-0.39, 0.29) is 24.7 Å². The molecule has 6 rings (SSSR count). The highest BCUT2D eigenvalue weighted by atomic mass is 35.5. The van der Waals surface area contributed by atoms with E-state index >= 15 is 0 Å². The van der Waals surface area contributed by atoms with E-state index in [0.717, 1.165) is 28.7 Å². The molecule has 9 nitrogen and oxygen atoms in total. The number of H-pyrrole nitrogens is 1.